The summed E-state index contributed by atoms with van der Waals surface area (Å²) in [4.78, 5) is 18.8. The van der Waals surface area contributed by atoms with Gasteiger partial charge in [-0.1, -0.05) is 6.07 Å². The van der Waals surface area contributed by atoms with Gasteiger partial charge in [-0.05, 0) is 36.7 Å². The molecule has 0 saturated heterocycles. The summed E-state index contributed by atoms with van der Waals surface area (Å²) in [6.45, 7) is 1.96. The maximum Gasteiger partial charge on any atom is 0.336 e. The van der Waals surface area contributed by atoms with Crippen molar-refractivity contribution >= 4 is 35.0 Å². The predicted molar refractivity (Wildman–Crippen MR) is 92.2 cm³/mol. The molecule has 2 N–H and O–H groups in total. The fourth-order valence-electron chi connectivity index (χ4n) is 2.03. The topological polar surface area (TPSA) is 97.7 Å². The van der Waals surface area contributed by atoms with Gasteiger partial charge >= 0.3 is 5.97 Å². The van der Waals surface area contributed by atoms with E-state index in [0.29, 0.717) is 11.3 Å². The zero-order chi connectivity index (χ0) is 18.5. The summed E-state index contributed by atoms with van der Waals surface area (Å²) in [5.41, 5.74) is 3.71. The molecule has 0 unspecified atom stereocenters. The molecule has 8 nitrogen and oxygen atoms in total. The molecule has 26 heavy (non-hydrogen) atoms. The maximum atomic E-state index is 13.7. The molecule has 1 aliphatic rings. The van der Waals surface area contributed by atoms with Crippen molar-refractivity contribution in [1.29, 1.82) is 0 Å². The number of nitrogens with one attached hydrogen (secondary N) is 2. The molecule has 0 radical (unpaired) electrons. The molecule has 1 aromatic heterocycles. The number of halogens is 2. The Bertz CT molecular complexity index is 903. The third kappa shape index (κ3) is 4.25. The molecule has 2 aromatic rings. The molecule has 0 spiro atoms. The number of nitrogens with zero attached hydrogens (tertiary/aromatic N) is 3. The van der Waals surface area contributed by atoms with Crippen LogP contribution in [-0.2, 0) is 14.3 Å². The monoisotopic (exact) mass is 377 g/mol. The third-order valence-corrected chi connectivity index (χ3v) is 3.28. The minimum atomic E-state index is -0.643. The van der Waals surface area contributed by atoms with Crippen LogP contribution in [0.2, 0.25) is 5.28 Å². The predicted octanol–water partition coefficient (Wildman–Crippen LogP) is 2.70. The molecule has 1 aliphatic heterocycles. The second-order valence-corrected chi connectivity index (χ2v) is 5.27. The average Bonchev–Trinajstić information content (AvgIpc) is 3.07. The van der Waals surface area contributed by atoms with Gasteiger partial charge in [0.2, 0.25) is 17.1 Å². The van der Waals surface area contributed by atoms with Crippen molar-refractivity contribution in [3.8, 4) is 0 Å². The first-order valence-electron chi connectivity index (χ1n) is 7.50. The van der Waals surface area contributed by atoms with Crippen molar-refractivity contribution in [2.45, 2.75) is 6.92 Å². The van der Waals surface area contributed by atoms with Crippen molar-refractivity contribution in [2.24, 2.45) is 5.10 Å². The van der Waals surface area contributed by atoms with E-state index < -0.39 is 11.8 Å². The van der Waals surface area contributed by atoms with Crippen molar-refractivity contribution < 1.29 is 18.7 Å². The van der Waals surface area contributed by atoms with Gasteiger partial charge in [-0.25, -0.2) is 19.6 Å². The Morgan fingerprint density at radius 3 is 3.15 bits per heavy atom. The van der Waals surface area contributed by atoms with Gasteiger partial charge in [0.1, 0.15) is 0 Å². The van der Waals surface area contributed by atoms with Crippen LogP contribution in [-0.4, -0.2) is 28.4 Å². The van der Waals surface area contributed by atoms with Gasteiger partial charge < -0.3 is 14.8 Å². The molecule has 0 amide bonds. The Labute approximate surface area is 152 Å². The molecule has 0 saturated carbocycles. The number of aromatic nitrogens is 2. The number of carbonyl (C=O) groups excluding carboxylic acids is 1. The normalized spacial score (nSPS) is 14.4. The highest BCUT2D eigenvalue weighted by Crippen LogP contribution is 2.21. The Morgan fingerprint density at radius 2 is 2.35 bits per heavy atom. The summed E-state index contributed by atoms with van der Waals surface area (Å²) in [7, 11) is 0. The van der Waals surface area contributed by atoms with E-state index in [4.69, 9.17) is 21.1 Å². The largest absolute Gasteiger partial charge is 0.463 e. The van der Waals surface area contributed by atoms with Crippen LogP contribution in [0, 0.1) is 5.82 Å². The van der Waals surface area contributed by atoms with E-state index in [1.807, 2.05) is 0 Å². The van der Waals surface area contributed by atoms with Crippen LogP contribution in [0.25, 0.3) is 0 Å². The molecule has 134 valence electrons. The Hall–Kier alpha value is -3.20. The number of hydrogen-bond donors (Lipinski definition) is 2. The second kappa shape index (κ2) is 7.79. The molecule has 10 heteroatoms. The molecule has 3 rings (SSSR count). The van der Waals surface area contributed by atoms with Crippen molar-refractivity contribution in [3.63, 3.8) is 0 Å². The summed E-state index contributed by atoms with van der Waals surface area (Å²) in [5.74, 6) is -0.859. The molecule has 1 aromatic carbocycles. The number of benzene rings is 1. The van der Waals surface area contributed by atoms with Crippen LogP contribution < -0.4 is 10.7 Å². The van der Waals surface area contributed by atoms with E-state index >= 15 is 0 Å². The fraction of sp³-hybridized carbons (Fsp3) is 0.125. The zero-order valence-electron chi connectivity index (χ0n) is 13.5. The molecule has 0 bridgehead atoms. The second-order valence-electron chi connectivity index (χ2n) is 4.93. The number of hydrogen-bond acceptors (Lipinski definition) is 8. The molecule has 0 fully saturated rings. The summed E-state index contributed by atoms with van der Waals surface area (Å²) >= 11 is 5.68. The van der Waals surface area contributed by atoms with Gasteiger partial charge in [-0.15, -0.1) is 5.10 Å². The quantitative estimate of drug-likeness (QED) is 0.469. The van der Waals surface area contributed by atoms with E-state index in [1.54, 1.807) is 31.2 Å². The lowest BCUT2D eigenvalue weighted by atomic mass is 10.2. The average molecular weight is 378 g/mol. The standard InChI is InChI=1S/C16H13ClFN5O3/c1-2-25-13(24)7-12-22-23-15(26-12)9-4-3-5-10(6-9)20-14-11(18)8-19-16(17)21-14/h3-8,22H,2H2,1H3,(H,19,20,21). The number of hydrazone groups is 1. The zero-order valence-corrected chi connectivity index (χ0v) is 14.2. The first-order chi connectivity index (χ1) is 12.5. The number of ether oxygens (including phenoxy) is 2. The lowest BCUT2D eigenvalue weighted by molar-refractivity contribution is -0.137. The Balaban J connectivity index is 1.74. The van der Waals surface area contributed by atoms with Crippen LogP contribution in [0.5, 0.6) is 0 Å². The van der Waals surface area contributed by atoms with Crippen LogP contribution in [0.15, 0.2) is 47.5 Å². The van der Waals surface area contributed by atoms with Crippen molar-refractivity contribution in [2.75, 3.05) is 11.9 Å². The van der Waals surface area contributed by atoms with Crippen molar-refractivity contribution in [1.82, 2.24) is 15.4 Å². The highest BCUT2D eigenvalue weighted by Gasteiger charge is 2.17. The lowest BCUT2D eigenvalue weighted by Crippen LogP contribution is -2.07. The van der Waals surface area contributed by atoms with Gasteiger partial charge in [-0.3, -0.25) is 0 Å². The molecular formula is C16H13ClFN5O3. The highest BCUT2D eigenvalue weighted by molar-refractivity contribution is 6.28. The molecule has 0 atom stereocenters. The maximum absolute atomic E-state index is 13.7. The van der Waals surface area contributed by atoms with E-state index in [9.17, 15) is 9.18 Å². The van der Waals surface area contributed by atoms with Crippen LogP contribution in [0.4, 0.5) is 15.9 Å². The SMILES string of the molecule is CCOC(=O)C=C1NN=C(c2cccc(Nc3nc(Cl)ncc3F)c2)O1. The summed E-state index contributed by atoms with van der Waals surface area (Å²) in [6.07, 6.45) is 2.13. The smallest absolute Gasteiger partial charge is 0.336 e. The van der Waals surface area contributed by atoms with Gasteiger partial charge in [0, 0.05) is 11.3 Å². The van der Waals surface area contributed by atoms with E-state index in [1.165, 1.54) is 0 Å². The van der Waals surface area contributed by atoms with Gasteiger partial charge in [0.05, 0.1) is 18.9 Å². The summed E-state index contributed by atoms with van der Waals surface area (Å²) in [5, 5.41) is 6.73. The molecule has 2 heterocycles. The molecule has 0 aliphatic carbocycles. The minimum Gasteiger partial charge on any atom is -0.463 e. The van der Waals surface area contributed by atoms with Gasteiger partial charge in [0.15, 0.2) is 11.6 Å². The Morgan fingerprint density at radius 1 is 1.50 bits per heavy atom. The van der Waals surface area contributed by atoms with Crippen LogP contribution in [0.3, 0.4) is 0 Å². The lowest BCUT2D eigenvalue weighted by Gasteiger charge is -2.08. The highest BCUT2D eigenvalue weighted by atomic mass is 35.5. The fourth-order valence-corrected chi connectivity index (χ4v) is 2.17. The Kier molecular flexibility index (Phi) is 5.28. The van der Waals surface area contributed by atoms with Crippen LogP contribution in [0.1, 0.15) is 12.5 Å². The van der Waals surface area contributed by atoms with Crippen LogP contribution >= 0.6 is 11.6 Å². The van der Waals surface area contributed by atoms with Gasteiger partial charge in [0.25, 0.3) is 0 Å². The summed E-state index contributed by atoms with van der Waals surface area (Å²) in [6, 6.07) is 6.83. The number of carbonyl (C=O) groups is 1. The van der Waals surface area contributed by atoms with Gasteiger partial charge in [-0.2, -0.15) is 4.98 Å². The third-order valence-electron chi connectivity index (χ3n) is 3.10. The first-order valence-corrected chi connectivity index (χ1v) is 7.88. The van der Waals surface area contributed by atoms with E-state index in [-0.39, 0.29) is 29.5 Å². The number of rotatable bonds is 5. The summed E-state index contributed by atoms with van der Waals surface area (Å²) < 4.78 is 24.0. The van der Waals surface area contributed by atoms with Crippen molar-refractivity contribution in [3.05, 3.63) is 59.1 Å². The van der Waals surface area contributed by atoms with E-state index in [2.05, 4.69) is 25.8 Å². The number of anilines is 2. The molecular weight excluding hydrogens is 365 g/mol. The minimum absolute atomic E-state index is 0.0579. The first kappa shape index (κ1) is 17.6. The van der Waals surface area contributed by atoms with E-state index in [0.717, 1.165) is 12.3 Å². The number of esters is 1.